The maximum atomic E-state index is 10.6. The number of carbonyl (C=O) groups is 1. The highest BCUT2D eigenvalue weighted by atomic mass is 16.4. The summed E-state index contributed by atoms with van der Waals surface area (Å²) < 4.78 is 0. The first-order valence-electron chi connectivity index (χ1n) is 5.24. The summed E-state index contributed by atoms with van der Waals surface area (Å²) in [6, 6.07) is 0. The summed E-state index contributed by atoms with van der Waals surface area (Å²) in [5, 5.41) is 14.9. The summed E-state index contributed by atoms with van der Waals surface area (Å²) in [4.78, 5) is 10.6. The van der Waals surface area contributed by atoms with Gasteiger partial charge in [0.2, 0.25) is 0 Å². The standard InChI is InChI=1S/C9H22N4O2/c10-1-3-12-6-8(5-9(14)15)7-13-4-2-11/h8,12-13H,1-7,10-11H2,(H,14,15). The summed E-state index contributed by atoms with van der Waals surface area (Å²) in [6.45, 7) is 3.90. The van der Waals surface area contributed by atoms with Crippen LogP contribution in [0.2, 0.25) is 0 Å². The second-order valence-electron chi connectivity index (χ2n) is 3.45. The zero-order valence-corrected chi connectivity index (χ0v) is 9.04. The molecule has 0 spiro atoms. The Morgan fingerprint density at radius 3 is 1.93 bits per heavy atom. The van der Waals surface area contributed by atoms with Crippen molar-refractivity contribution in [2.75, 3.05) is 39.3 Å². The lowest BCUT2D eigenvalue weighted by Crippen LogP contribution is -2.36. The molecule has 0 aromatic carbocycles. The van der Waals surface area contributed by atoms with E-state index in [1.54, 1.807) is 0 Å². The molecule has 0 fully saturated rings. The van der Waals surface area contributed by atoms with Crippen LogP contribution in [0.4, 0.5) is 0 Å². The molecule has 0 aromatic rings. The first-order valence-corrected chi connectivity index (χ1v) is 5.24. The van der Waals surface area contributed by atoms with Crippen LogP contribution >= 0.6 is 0 Å². The molecular weight excluding hydrogens is 196 g/mol. The van der Waals surface area contributed by atoms with Crippen molar-refractivity contribution in [3.8, 4) is 0 Å². The molecule has 0 heterocycles. The summed E-state index contributed by atoms with van der Waals surface area (Å²) in [6.07, 6.45) is 0.162. The molecule has 0 bridgehead atoms. The molecule has 15 heavy (non-hydrogen) atoms. The molecule has 7 N–H and O–H groups in total. The summed E-state index contributed by atoms with van der Waals surface area (Å²) in [7, 11) is 0. The SMILES string of the molecule is NCCNCC(CNCCN)CC(=O)O. The van der Waals surface area contributed by atoms with Crippen molar-refractivity contribution in [2.24, 2.45) is 17.4 Å². The van der Waals surface area contributed by atoms with E-state index in [1.807, 2.05) is 0 Å². The van der Waals surface area contributed by atoms with Gasteiger partial charge >= 0.3 is 5.97 Å². The maximum absolute atomic E-state index is 10.6. The number of nitrogens with one attached hydrogen (secondary N) is 2. The van der Waals surface area contributed by atoms with Gasteiger partial charge in [-0.05, 0) is 19.0 Å². The highest BCUT2D eigenvalue weighted by Crippen LogP contribution is 1.99. The molecule has 0 aliphatic carbocycles. The van der Waals surface area contributed by atoms with Crippen LogP contribution < -0.4 is 22.1 Å². The number of aliphatic carboxylic acids is 1. The van der Waals surface area contributed by atoms with E-state index in [0.29, 0.717) is 39.3 Å². The van der Waals surface area contributed by atoms with Crippen molar-refractivity contribution in [1.82, 2.24) is 10.6 Å². The normalized spacial score (nSPS) is 10.9. The Hall–Kier alpha value is -0.690. The van der Waals surface area contributed by atoms with Crippen LogP contribution in [0.3, 0.4) is 0 Å². The Labute approximate surface area is 90.4 Å². The van der Waals surface area contributed by atoms with Gasteiger partial charge in [-0.25, -0.2) is 0 Å². The van der Waals surface area contributed by atoms with Crippen molar-refractivity contribution < 1.29 is 9.90 Å². The minimum absolute atomic E-state index is 0.0839. The van der Waals surface area contributed by atoms with Gasteiger partial charge in [0.25, 0.3) is 0 Å². The lowest BCUT2D eigenvalue weighted by molar-refractivity contribution is -0.138. The average molecular weight is 218 g/mol. The fraction of sp³-hybridized carbons (Fsp3) is 0.889. The molecule has 6 nitrogen and oxygen atoms in total. The van der Waals surface area contributed by atoms with Crippen LogP contribution in [0.25, 0.3) is 0 Å². The Morgan fingerprint density at radius 2 is 1.60 bits per heavy atom. The third-order valence-electron chi connectivity index (χ3n) is 1.97. The zero-order valence-electron chi connectivity index (χ0n) is 9.04. The fourth-order valence-electron chi connectivity index (χ4n) is 1.28. The van der Waals surface area contributed by atoms with E-state index < -0.39 is 5.97 Å². The second kappa shape index (κ2) is 9.85. The lowest BCUT2D eigenvalue weighted by atomic mass is 10.1. The molecule has 0 aliphatic heterocycles. The van der Waals surface area contributed by atoms with E-state index >= 15 is 0 Å². The molecule has 0 aliphatic rings. The predicted octanol–water partition coefficient (Wildman–Crippen LogP) is -1.83. The van der Waals surface area contributed by atoms with Gasteiger partial charge in [0.1, 0.15) is 0 Å². The molecule has 6 heteroatoms. The average Bonchev–Trinajstić information content (AvgIpc) is 2.17. The molecule has 0 aromatic heterocycles. The van der Waals surface area contributed by atoms with Crippen LogP contribution in [0, 0.1) is 5.92 Å². The third-order valence-corrected chi connectivity index (χ3v) is 1.97. The first kappa shape index (κ1) is 14.3. The Bertz CT molecular complexity index is 156. The van der Waals surface area contributed by atoms with Crippen molar-refractivity contribution in [3.05, 3.63) is 0 Å². The smallest absolute Gasteiger partial charge is 0.303 e. The quantitative estimate of drug-likeness (QED) is 0.276. The third kappa shape index (κ3) is 9.61. The van der Waals surface area contributed by atoms with Crippen molar-refractivity contribution in [3.63, 3.8) is 0 Å². The van der Waals surface area contributed by atoms with Gasteiger partial charge in [-0.3, -0.25) is 4.79 Å². The molecule has 0 atom stereocenters. The van der Waals surface area contributed by atoms with Crippen LogP contribution in [0.1, 0.15) is 6.42 Å². The highest BCUT2D eigenvalue weighted by molar-refractivity contribution is 5.67. The lowest BCUT2D eigenvalue weighted by Gasteiger charge is -2.15. The largest absolute Gasteiger partial charge is 0.481 e. The van der Waals surface area contributed by atoms with Crippen LogP contribution in [-0.4, -0.2) is 50.3 Å². The number of hydrogen-bond acceptors (Lipinski definition) is 5. The van der Waals surface area contributed by atoms with E-state index in [1.165, 1.54) is 0 Å². The number of hydrogen-bond donors (Lipinski definition) is 5. The molecule has 0 saturated carbocycles. The molecule has 0 amide bonds. The topological polar surface area (TPSA) is 113 Å². The predicted molar refractivity (Wildman–Crippen MR) is 59.6 cm³/mol. The van der Waals surface area contributed by atoms with E-state index in [4.69, 9.17) is 16.6 Å². The number of rotatable bonds is 10. The van der Waals surface area contributed by atoms with Gasteiger partial charge in [-0.2, -0.15) is 0 Å². The number of carboxylic acids is 1. The van der Waals surface area contributed by atoms with E-state index in [-0.39, 0.29) is 12.3 Å². The Balaban J connectivity index is 3.68. The van der Waals surface area contributed by atoms with Gasteiger partial charge in [-0.15, -0.1) is 0 Å². The maximum Gasteiger partial charge on any atom is 0.303 e. The van der Waals surface area contributed by atoms with Crippen molar-refractivity contribution in [2.45, 2.75) is 6.42 Å². The van der Waals surface area contributed by atoms with Crippen LogP contribution in [0.15, 0.2) is 0 Å². The zero-order chi connectivity index (χ0) is 11.5. The number of carboxylic acid groups (broad SMARTS) is 1. The van der Waals surface area contributed by atoms with Gasteiger partial charge < -0.3 is 27.2 Å². The van der Waals surface area contributed by atoms with Gasteiger partial charge in [0, 0.05) is 26.2 Å². The molecule has 90 valence electrons. The van der Waals surface area contributed by atoms with Gasteiger partial charge in [0.15, 0.2) is 0 Å². The van der Waals surface area contributed by atoms with Crippen LogP contribution in [-0.2, 0) is 4.79 Å². The highest BCUT2D eigenvalue weighted by Gasteiger charge is 2.11. The van der Waals surface area contributed by atoms with E-state index in [9.17, 15) is 4.79 Å². The first-order chi connectivity index (χ1) is 7.20. The van der Waals surface area contributed by atoms with Gasteiger partial charge in [0.05, 0.1) is 6.42 Å². The van der Waals surface area contributed by atoms with Crippen LogP contribution in [0.5, 0.6) is 0 Å². The summed E-state index contributed by atoms with van der Waals surface area (Å²) in [5.41, 5.74) is 10.7. The fourth-order valence-corrected chi connectivity index (χ4v) is 1.28. The summed E-state index contributed by atoms with van der Waals surface area (Å²) in [5.74, 6) is -0.690. The Kier molecular flexibility index (Phi) is 9.40. The van der Waals surface area contributed by atoms with E-state index in [2.05, 4.69) is 10.6 Å². The van der Waals surface area contributed by atoms with Crippen molar-refractivity contribution >= 4 is 5.97 Å². The number of nitrogens with two attached hydrogens (primary N) is 2. The Morgan fingerprint density at radius 1 is 1.13 bits per heavy atom. The van der Waals surface area contributed by atoms with Gasteiger partial charge in [-0.1, -0.05) is 0 Å². The monoisotopic (exact) mass is 218 g/mol. The summed E-state index contributed by atoms with van der Waals surface area (Å²) >= 11 is 0. The second-order valence-corrected chi connectivity index (χ2v) is 3.45. The molecular formula is C9H22N4O2. The van der Waals surface area contributed by atoms with Crippen molar-refractivity contribution in [1.29, 1.82) is 0 Å². The molecule has 0 radical (unpaired) electrons. The molecule has 0 rings (SSSR count). The van der Waals surface area contributed by atoms with E-state index in [0.717, 1.165) is 0 Å². The molecule has 0 unspecified atom stereocenters. The minimum atomic E-state index is -0.774. The minimum Gasteiger partial charge on any atom is -0.481 e. The molecule has 0 saturated heterocycles.